The third kappa shape index (κ3) is 2.61. The second kappa shape index (κ2) is 5.43. The molecule has 1 aliphatic heterocycles. The molecule has 2 unspecified atom stereocenters. The van der Waals surface area contributed by atoms with Gasteiger partial charge in [-0.25, -0.2) is 0 Å². The van der Waals surface area contributed by atoms with Crippen molar-refractivity contribution in [3.63, 3.8) is 0 Å². The number of ether oxygens (including phenoxy) is 1. The Balaban J connectivity index is 2.03. The van der Waals surface area contributed by atoms with E-state index in [2.05, 4.69) is 36.6 Å². The van der Waals surface area contributed by atoms with Crippen molar-refractivity contribution < 1.29 is 4.74 Å². The Bertz CT molecular complexity index is 334. The summed E-state index contributed by atoms with van der Waals surface area (Å²) in [5.74, 6) is 6.19. The van der Waals surface area contributed by atoms with Gasteiger partial charge in [-0.2, -0.15) is 0 Å². The lowest BCUT2D eigenvalue weighted by molar-refractivity contribution is 0.176. The van der Waals surface area contributed by atoms with Gasteiger partial charge in [0.25, 0.3) is 0 Å². The van der Waals surface area contributed by atoms with Gasteiger partial charge in [-0.05, 0) is 30.9 Å². The molecule has 1 aliphatic rings. The van der Waals surface area contributed by atoms with E-state index < -0.39 is 0 Å². The summed E-state index contributed by atoms with van der Waals surface area (Å²) < 4.78 is 5.41. The molecule has 3 heteroatoms. The van der Waals surface area contributed by atoms with Crippen LogP contribution in [0.25, 0.3) is 0 Å². The summed E-state index contributed by atoms with van der Waals surface area (Å²) in [5, 5.41) is 0. The standard InChI is InChI=1S/C13H20N2O/c1-10-4-2-3-5-11(10)8-13(15-14)12-6-7-16-9-12/h2-5,12-13,15H,6-9,14H2,1H3. The lowest BCUT2D eigenvalue weighted by Gasteiger charge is -2.22. The van der Waals surface area contributed by atoms with E-state index in [0.717, 1.165) is 26.1 Å². The number of hydrogen-bond donors (Lipinski definition) is 2. The Morgan fingerprint density at radius 1 is 1.50 bits per heavy atom. The molecule has 2 rings (SSSR count). The Morgan fingerprint density at radius 2 is 2.31 bits per heavy atom. The number of hydrogen-bond acceptors (Lipinski definition) is 3. The van der Waals surface area contributed by atoms with Crippen LogP contribution in [0.3, 0.4) is 0 Å². The number of rotatable bonds is 4. The van der Waals surface area contributed by atoms with Gasteiger partial charge in [-0.15, -0.1) is 0 Å². The highest BCUT2D eigenvalue weighted by molar-refractivity contribution is 5.26. The molecule has 16 heavy (non-hydrogen) atoms. The van der Waals surface area contributed by atoms with Crippen molar-refractivity contribution in [1.29, 1.82) is 0 Å². The van der Waals surface area contributed by atoms with Crippen molar-refractivity contribution in [3.05, 3.63) is 35.4 Å². The summed E-state index contributed by atoms with van der Waals surface area (Å²) in [6.07, 6.45) is 2.10. The van der Waals surface area contributed by atoms with Gasteiger partial charge in [0.2, 0.25) is 0 Å². The van der Waals surface area contributed by atoms with Crippen LogP contribution in [-0.2, 0) is 11.2 Å². The lowest BCUT2D eigenvalue weighted by Crippen LogP contribution is -2.42. The minimum absolute atomic E-state index is 0.323. The minimum Gasteiger partial charge on any atom is -0.381 e. The van der Waals surface area contributed by atoms with E-state index in [1.165, 1.54) is 11.1 Å². The van der Waals surface area contributed by atoms with Crippen LogP contribution in [0, 0.1) is 12.8 Å². The van der Waals surface area contributed by atoms with Gasteiger partial charge in [0.05, 0.1) is 6.61 Å². The molecule has 88 valence electrons. The van der Waals surface area contributed by atoms with Gasteiger partial charge in [0, 0.05) is 18.6 Å². The zero-order valence-electron chi connectivity index (χ0n) is 9.78. The molecule has 0 spiro atoms. The van der Waals surface area contributed by atoms with Crippen LogP contribution in [-0.4, -0.2) is 19.3 Å². The summed E-state index contributed by atoms with van der Waals surface area (Å²) in [6.45, 7) is 3.85. The van der Waals surface area contributed by atoms with E-state index in [-0.39, 0.29) is 0 Å². The summed E-state index contributed by atoms with van der Waals surface area (Å²) >= 11 is 0. The van der Waals surface area contributed by atoms with Gasteiger partial charge >= 0.3 is 0 Å². The first-order valence-corrected chi connectivity index (χ1v) is 5.89. The zero-order valence-corrected chi connectivity index (χ0v) is 9.78. The van der Waals surface area contributed by atoms with Crippen LogP contribution in [0.1, 0.15) is 17.5 Å². The molecule has 0 saturated carbocycles. The smallest absolute Gasteiger partial charge is 0.0510 e. The third-order valence-electron chi connectivity index (χ3n) is 3.45. The summed E-state index contributed by atoms with van der Waals surface area (Å²) in [4.78, 5) is 0. The summed E-state index contributed by atoms with van der Waals surface area (Å²) in [5.41, 5.74) is 5.65. The summed E-state index contributed by atoms with van der Waals surface area (Å²) in [6, 6.07) is 8.80. The van der Waals surface area contributed by atoms with Gasteiger partial charge in [-0.1, -0.05) is 24.3 Å². The van der Waals surface area contributed by atoms with E-state index >= 15 is 0 Å². The largest absolute Gasteiger partial charge is 0.381 e. The van der Waals surface area contributed by atoms with Crippen LogP contribution in [0.5, 0.6) is 0 Å². The molecular weight excluding hydrogens is 200 g/mol. The second-order valence-corrected chi connectivity index (χ2v) is 4.53. The normalized spacial score (nSPS) is 22.2. The zero-order chi connectivity index (χ0) is 11.4. The molecule has 1 aromatic rings. The molecule has 2 atom stereocenters. The van der Waals surface area contributed by atoms with Gasteiger partial charge in [0.1, 0.15) is 0 Å². The molecule has 0 aliphatic carbocycles. The van der Waals surface area contributed by atoms with Crippen LogP contribution in [0.15, 0.2) is 24.3 Å². The van der Waals surface area contributed by atoms with E-state index in [4.69, 9.17) is 10.6 Å². The Morgan fingerprint density at radius 3 is 2.94 bits per heavy atom. The van der Waals surface area contributed by atoms with Gasteiger partial charge < -0.3 is 4.74 Å². The fourth-order valence-electron chi connectivity index (χ4n) is 2.31. The van der Waals surface area contributed by atoms with Crippen molar-refractivity contribution in [1.82, 2.24) is 5.43 Å². The maximum absolute atomic E-state index is 5.64. The first-order chi connectivity index (χ1) is 7.81. The highest BCUT2D eigenvalue weighted by atomic mass is 16.5. The Labute approximate surface area is 97.0 Å². The molecule has 1 heterocycles. The molecule has 0 radical (unpaired) electrons. The predicted octanol–water partition coefficient (Wildman–Crippen LogP) is 1.41. The van der Waals surface area contributed by atoms with Crippen molar-refractivity contribution in [2.75, 3.05) is 13.2 Å². The quantitative estimate of drug-likeness (QED) is 0.595. The topological polar surface area (TPSA) is 47.3 Å². The first-order valence-electron chi connectivity index (χ1n) is 5.89. The maximum atomic E-state index is 5.64. The SMILES string of the molecule is Cc1ccccc1CC(NN)C1CCOC1. The number of hydrazine groups is 1. The first kappa shape index (κ1) is 11.6. The predicted molar refractivity (Wildman–Crippen MR) is 64.9 cm³/mol. The van der Waals surface area contributed by atoms with Gasteiger partial charge in [0.15, 0.2) is 0 Å². The lowest BCUT2D eigenvalue weighted by atomic mass is 9.92. The van der Waals surface area contributed by atoms with Crippen molar-refractivity contribution >= 4 is 0 Å². The number of benzene rings is 1. The molecule has 1 fully saturated rings. The van der Waals surface area contributed by atoms with Crippen molar-refractivity contribution in [2.45, 2.75) is 25.8 Å². The van der Waals surface area contributed by atoms with Crippen LogP contribution < -0.4 is 11.3 Å². The molecule has 0 bridgehead atoms. The molecule has 1 aromatic carbocycles. The van der Waals surface area contributed by atoms with Crippen LogP contribution >= 0.6 is 0 Å². The minimum atomic E-state index is 0.323. The number of nitrogens with two attached hydrogens (primary N) is 1. The monoisotopic (exact) mass is 220 g/mol. The highest BCUT2D eigenvalue weighted by Gasteiger charge is 2.25. The Hall–Kier alpha value is -0.900. The fourth-order valence-corrected chi connectivity index (χ4v) is 2.31. The van der Waals surface area contributed by atoms with E-state index in [9.17, 15) is 0 Å². The van der Waals surface area contributed by atoms with E-state index in [1.54, 1.807) is 0 Å². The fraction of sp³-hybridized carbons (Fsp3) is 0.538. The molecule has 0 amide bonds. The molecule has 3 N–H and O–H groups in total. The maximum Gasteiger partial charge on any atom is 0.0510 e. The van der Waals surface area contributed by atoms with Crippen LogP contribution in [0.4, 0.5) is 0 Å². The van der Waals surface area contributed by atoms with Crippen molar-refractivity contribution in [3.8, 4) is 0 Å². The molecule has 0 aromatic heterocycles. The summed E-state index contributed by atoms with van der Waals surface area (Å²) in [7, 11) is 0. The molecular formula is C13H20N2O. The molecule has 3 nitrogen and oxygen atoms in total. The average molecular weight is 220 g/mol. The second-order valence-electron chi connectivity index (χ2n) is 4.53. The van der Waals surface area contributed by atoms with E-state index in [1.807, 2.05) is 0 Å². The Kier molecular flexibility index (Phi) is 3.93. The highest BCUT2D eigenvalue weighted by Crippen LogP contribution is 2.20. The third-order valence-corrected chi connectivity index (χ3v) is 3.45. The number of aryl methyl sites for hydroxylation is 1. The average Bonchev–Trinajstić information content (AvgIpc) is 2.81. The van der Waals surface area contributed by atoms with Crippen LogP contribution in [0.2, 0.25) is 0 Å². The molecule has 1 saturated heterocycles. The number of nitrogens with one attached hydrogen (secondary N) is 1. The van der Waals surface area contributed by atoms with Gasteiger partial charge in [-0.3, -0.25) is 11.3 Å². The van der Waals surface area contributed by atoms with E-state index in [0.29, 0.717) is 12.0 Å². The van der Waals surface area contributed by atoms with Crippen molar-refractivity contribution in [2.24, 2.45) is 11.8 Å².